The lowest BCUT2D eigenvalue weighted by Crippen LogP contribution is -2.45. The van der Waals surface area contributed by atoms with Crippen LogP contribution < -0.4 is 15.4 Å². The zero-order chi connectivity index (χ0) is 20.9. The number of nitrogens with one attached hydrogen (secondary N) is 3. The number of rotatable bonds is 8. The molecule has 1 unspecified atom stereocenters. The number of sulfonamides is 1. The number of thiophene rings is 1. The van der Waals surface area contributed by atoms with Gasteiger partial charge in [0, 0.05) is 38.9 Å². The summed E-state index contributed by atoms with van der Waals surface area (Å²) in [5.41, 5.74) is 3.40. The number of aromatic nitrogens is 2. The molecule has 3 N–H and O–H groups in total. The minimum absolute atomic E-state index is 0. The van der Waals surface area contributed by atoms with Gasteiger partial charge in [-0.15, -0.1) is 35.3 Å². The molecule has 2 aromatic heterocycles. The fourth-order valence-electron chi connectivity index (χ4n) is 2.78. The van der Waals surface area contributed by atoms with Gasteiger partial charge in [0.1, 0.15) is 4.21 Å². The molecule has 0 saturated carbocycles. The summed E-state index contributed by atoms with van der Waals surface area (Å²) in [5, 5.41) is 10.9. The molecule has 2 rings (SSSR count). The van der Waals surface area contributed by atoms with Crippen molar-refractivity contribution in [1.29, 1.82) is 0 Å². The predicted octanol–water partition coefficient (Wildman–Crippen LogP) is 2.44. The third-order valence-electron chi connectivity index (χ3n) is 4.30. The van der Waals surface area contributed by atoms with Crippen molar-refractivity contribution < 1.29 is 8.42 Å². The van der Waals surface area contributed by atoms with Crippen LogP contribution in [0.15, 0.2) is 21.3 Å². The van der Waals surface area contributed by atoms with Gasteiger partial charge in [0.05, 0.1) is 10.0 Å². The Morgan fingerprint density at radius 1 is 1.34 bits per heavy atom. The third kappa shape index (κ3) is 7.39. The molecule has 0 aliphatic rings. The van der Waals surface area contributed by atoms with Gasteiger partial charge in [-0.25, -0.2) is 13.1 Å². The summed E-state index contributed by atoms with van der Waals surface area (Å²) < 4.78 is 29.4. The van der Waals surface area contributed by atoms with E-state index in [1.165, 1.54) is 11.6 Å². The number of guanidine groups is 1. The van der Waals surface area contributed by atoms with Gasteiger partial charge in [0.2, 0.25) is 10.0 Å². The van der Waals surface area contributed by atoms with Crippen molar-refractivity contribution in [3.8, 4) is 0 Å². The largest absolute Gasteiger partial charge is 0.355 e. The van der Waals surface area contributed by atoms with Gasteiger partial charge in [-0.2, -0.15) is 5.10 Å². The molecular weight excluding hydrogens is 547 g/mol. The number of hydrogen-bond donors (Lipinski definition) is 3. The van der Waals surface area contributed by atoms with E-state index in [-0.39, 0.29) is 40.8 Å². The Hall–Kier alpha value is -0.890. The molecule has 0 fully saturated rings. The Labute approximate surface area is 198 Å². The van der Waals surface area contributed by atoms with Crippen LogP contribution in [0.3, 0.4) is 0 Å². The summed E-state index contributed by atoms with van der Waals surface area (Å²) in [7, 11) is 0.0805. The van der Waals surface area contributed by atoms with Crippen molar-refractivity contribution in [2.75, 3.05) is 20.1 Å². The molecule has 0 amide bonds. The molecule has 0 aliphatic carbocycles. The molecule has 8 nitrogen and oxygen atoms in total. The molecule has 164 valence electrons. The maximum absolute atomic E-state index is 12.2. The zero-order valence-electron chi connectivity index (χ0n) is 17.1. The molecule has 0 radical (unpaired) electrons. The third-order valence-corrected chi connectivity index (χ3v) is 7.48. The SMILES string of the molecule is CN=C(NCCNS(=O)(=O)c1ccc(Cl)s1)NC(C)Cc1c(C)nn(C)c1C.I. The molecule has 29 heavy (non-hydrogen) atoms. The first-order valence-corrected chi connectivity index (χ1v) is 11.5. The molecule has 0 aromatic carbocycles. The normalized spacial score (nSPS) is 13.1. The summed E-state index contributed by atoms with van der Waals surface area (Å²) in [6, 6.07) is 3.20. The van der Waals surface area contributed by atoms with Crippen LogP contribution in [0.5, 0.6) is 0 Å². The first-order valence-electron chi connectivity index (χ1n) is 8.85. The quantitative estimate of drug-likeness (QED) is 0.195. The highest BCUT2D eigenvalue weighted by Crippen LogP contribution is 2.25. The van der Waals surface area contributed by atoms with Crippen LogP contribution in [0.25, 0.3) is 0 Å². The predicted molar refractivity (Wildman–Crippen MR) is 130 cm³/mol. The van der Waals surface area contributed by atoms with Crippen LogP contribution in [0.1, 0.15) is 23.9 Å². The van der Waals surface area contributed by atoms with Crippen molar-refractivity contribution in [1.82, 2.24) is 25.1 Å². The Kier molecular flexibility index (Phi) is 10.4. The number of halogens is 2. The van der Waals surface area contributed by atoms with Crippen LogP contribution >= 0.6 is 46.9 Å². The van der Waals surface area contributed by atoms with E-state index >= 15 is 0 Å². The summed E-state index contributed by atoms with van der Waals surface area (Å²) in [4.78, 5) is 4.20. The second-order valence-corrected chi connectivity index (χ2v) is 10.2. The number of aliphatic imine (C=N–C) groups is 1. The van der Waals surface area contributed by atoms with Crippen LogP contribution in [0.2, 0.25) is 4.34 Å². The van der Waals surface area contributed by atoms with Crippen LogP contribution in [-0.4, -0.2) is 50.3 Å². The number of nitrogens with zero attached hydrogens (tertiary/aromatic N) is 3. The number of aryl methyl sites for hydroxylation is 2. The molecule has 0 spiro atoms. The first kappa shape index (κ1) is 26.1. The summed E-state index contributed by atoms with van der Waals surface area (Å²) in [6.45, 7) is 6.77. The molecule has 12 heteroatoms. The topological polar surface area (TPSA) is 100 Å². The van der Waals surface area contributed by atoms with Crippen molar-refractivity contribution >= 4 is 62.9 Å². The average molecular weight is 575 g/mol. The lowest BCUT2D eigenvalue weighted by Gasteiger charge is -2.18. The maximum atomic E-state index is 12.2. The van der Waals surface area contributed by atoms with Crippen LogP contribution in [0.4, 0.5) is 0 Å². The Morgan fingerprint density at radius 3 is 2.55 bits per heavy atom. The van der Waals surface area contributed by atoms with Crippen molar-refractivity contribution in [3.63, 3.8) is 0 Å². The van der Waals surface area contributed by atoms with E-state index in [1.54, 1.807) is 13.1 Å². The summed E-state index contributed by atoms with van der Waals surface area (Å²) in [6.07, 6.45) is 0.817. The monoisotopic (exact) mass is 574 g/mol. The van der Waals surface area contributed by atoms with Gasteiger partial charge >= 0.3 is 0 Å². The minimum Gasteiger partial charge on any atom is -0.355 e. The second kappa shape index (κ2) is 11.5. The van der Waals surface area contributed by atoms with E-state index in [2.05, 4.69) is 39.3 Å². The standard InChI is InChI=1S/C17H27ClN6O2S2.HI/c1-11(10-14-12(2)23-24(5)13(14)3)22-17(19-4)20-8-9-21-28(25,26)16-7-6-15(18)27-16;/h6-7,11,21H,8-10H2,1-5H3,(H2,19,20,22);1H. The molecular formula is C17H28ClIN6O2S2. The molecule has 2 aromatic rings. The number of hydrogen-bond acceptors (Lipinski definition) is 5. The van der Waals surface area contributed by atoms with E-state index in [1.807, 2.05) is 18.7 Å². The molecule has 0 bridgehead atoms. The molecule has 2 heterocycles. The second-order valence-electron chi connectivity index (χ2n) is 6.48. The lowest BCUT2D eigenvalue weighted by atomic mass is 10.1. The Bertz CT molecular complexity index is 942. The lowest BCUT2D eigenvalue weighted by molar-refractivity contribution is 0.581. The first-order chi connectivity index (χ1) is 13.1. The van der Waals surface area contributed by atoms with E-state index in [4.69, 9.17) is 11.6 Å². The van der Waals surface area contributed by atoms with E-state index in [0.29, 0.717) is 16.8 Å². The summed E-state index contributed by atoms with van der Waals surface area (Å²) >= 11 is 6.83. The molecule has 0 saturated heterocycles. The van der Waals surface area contributed by atoms with E-state index in [0.717, 1.165) is 29.1 Å². The summed E-state index contributed by atoms with van der Waals surface area (Å²) in [5.74, 6) is 0.616. The maximum Gasteiger partial charge on any atom is 0.250 e. The average Bonchev–Trinajstić information content (AvgIpc) is 3.17. The zero-order valence-corrected chi connectivity index (χ0v) is 21.8. The van der Waals surface area contributed by atoms with Gasteiger partial charge in [-0.1, -0.05) is 11.6 Å². The van der Waals surface area contributed by atoms with Crippen molar-refractivity contribution in [3.05, 3.63) is 33.4 Å². The Morgan fingerprint density at radius 2 is 2.03 bits per heavy atom. The fourth-order valence-corrected chi connectivity index (χ4v) is 5.34. The van der Waals surface area contributed by atoms with Crippen molar-refractivity contribution in [2.24, 2.45) is 12.0 Å². The van der Waals surface area contributed by atoms with Gasteiger partial charge in [-0.05, 0) is 44.9 Å². The fraction of sp³-hybridized carbons (Fsp3) is 0.529. The molecule has 0 aliphatic heterocycles. The highest BCUT2D eigenvalue weighted by Gasteiger charge is 2.16. The van der Waals surface area contributed by atoms with Crippen LogP contribution in [0, 0.1) is 13.8 Å². The van der Waals surface area contributed by atoms with E-state index < -0.39 is 10.0 Å². The highest BCUT2D eigenvalue weighted by atomic mass is 127. The van der Waals surface area contributed by atoms with Gasteiger partial charge in [0.25, 0.3) is 0 Å². The minimum atomic E-state index is -3.54. The van der Waals surface area contributed by atoms with Gasteiger partial charge in [-0.3, -0.25) is 9.67 Å². The van der Waals surface area contributed by atoms with Crippen LogP contribution in [-0.2, 0) is 23.5 Å². The highest BCUT2D eigenvalue weighted by molar-refractivity contribution is 14.0. The van der Waals surface area contributed by atoms with Crippen molar-refractivity contribution in [2.45, 2.75) is 37.4 Å². The van der Waals surface area contributed by atoms with Gasteiger partial charge in [0.15, 0.2) is 5.96 Å². The molecule has 1 atom stereocenters. The van der Waals surface area contributed by atoms with Gasteiger partial charge < -0.3 is 10.6 Å². The van der Waals surface area contributed by atoms with E-state index in [9.17, 15) is 8.42 Å². The Balaban J connectivity index is 0.00000420. The smallest absolute Gasteiger partial charge is 0.250 e.